The summed E-state index contributed by atoms with van der Waals surface area (Å²) < 4.78 is 33.3. The van der Waals surface area contributed by atoms with Crippen molar-refractivity contribution in [2.45, 2.75) is 45.1 Å². The monoisotopic (exact) mass is 397 g/mol. The van der Waals surface area contributed by atoms with Crippen molar-refractivity contribution >= 4 is 21.7 Å². The summed E-state index contributed by atoms with van der Waals surface area (Å²) in [6.07, 6.45) is 0.350. The topological polar surface area (TPSA) is 98.8 Å². The Hall–Kier alpha value is -2.09. The molecule has 0 spiro atoms. The van der Waals surface area contributed by atoms with Crippen molar-refractivity contribution in [2.75, 3.05) is 24.7 Å². The molecule has 0 aromatic heterocycles. The smallest absolute Gasteiger partial charge is 0.344 e. The van der Waals surface area contributed by atoms with Crippen molar-refractivity contribution in [1.82, 2.24) is 5.32 Å². The molecular formula is C19H27NO6S. The molecule has 1 atom stereocenters. The molecule has 0 aliphatic carbocycles. The van der Waals surface area contributed by atoms with Gasteiger partial charge in [-0.2, -0.15) is 0 Å². The van der Waals surface area contributed by atoms with Crippen molar-refractivity contribution in [2.24, 2.45) is 0 Å². The summed E-state index contributed by atoms with van der Waals surface area (Å²) in [6, 6.07) is 7.43. The normalized spacial score (nSPS) is 21.5. The molecule has 1 fully saturated rings. The van der Waals surface area contributed by atoms with E-state index in [0.29, 0.717) is 12.2 Å². The number of amides is 1. The predicted molar refractivity (Wildman–Crippen MR) is 101 cm³/mol. The van der Waals surface area contributed by atoms with Crippen LogP contribution in [0.2, 0.25) is 0 Å². The Bertz CT molecular complexity index is 794. The number of carbonyl (C=O) groups is 2. The molecule has 27 heavy (non-hydrogen) atoms. The number of carbonyl (C=O) groups excluding carboxylic acids is 2. The van der Waals surface area contributed by atoms with Gasteiger partial charge in [0.1, 0.15) is 5.75 Å². The van der Waals surface area contributed by atoms with Gasteiger partial charge in [0.2, 0.25) is 0 Å². The highest BCUT2D eigenvalue weighted by atomic mass is 32.2. The van der Waals surface area contributed by atoms with E-state index >= 15 is 0 Å². The molecule has 1 amide bonds. The maximum atomic E-state index is 11.9. The second-order valence-electron chi connectivity index (χ2n) is 8.17. The van der Waals surface area contributed by atoms with Crippen LogP contribution in [0.15, 0.2) is 24.3 Å². The molecule has 1 heterocycles. The molecule has 8 heteroatoms. The minimum Gasteiger partial charge on any atom is -0.482 e. The number of hydrogen-bond donors (Lipinski definition) is 1. The Kier molecular flexibility index (Phi) is 6.19. The highest BCUT2D eigenvalue weighted by Crippen LogP contribution is 2.24. The minimum absolute atomic E-state index is 0.0279. The fraction of sp³-hybridized carbons (Fsp3) is 0.579. The molecule has 0 unspecified atom stereocenters. The van der Waals surface area contributed by atoms with Crippen LogP contribution < -0.4 is 10.1 Å². The van der Waals surface area contributed by atoms with Crippen LogP contribution in [-0.4, -0.2) is 50.6 Å². The summed E-state index contributed by atoms with van der Waals surface area (Å²) in [7, 11) is -3.13. The van der Waals surface area contributed by atoms with Crippen LogP contribution >= 0.6 is 0 Å². The third-order valence-corrected chi connectivity index (χ3v) is 6.29. The predicted octanol–water partition coefficient (Wildman–Crippen LogP) is 1.60. The zero-order valence-corrected chi connectivity index (χ0v) is 17.0. The van der Waals surface area contributed by atoms with Crippen LogP contribution in [0.4, 0.5) is 0 Å². The summed E-state index contributed by atoms with van der Waals surface area (Å²) >= 11 is 0. The number of esters is 1. The molecule has 1 aliphatic heterocycles. The Balaban J connectivity index is 1.74. The van der Waals surface area contributed by atoms with Crippen molar-refractivity contribution in [3.63, 3.8) is 0 Å². The lowest BCUT2D eigenvalue weighted by atomic mass is 9.87. The number of sulfone groups is 1. The molecule has 1 N–H and O–H groups in total. The average molecular weight is 397 g/mol. The van der Waals surface area contributed by atoms with Crippen molar-refractivity contribution in [3.8, 4) is 5.75 Å². The highest BCUT2D eigenvalue weighted by molar-refractivity contribution is 7.91. The first-order chi connectivity index (χ1) is 12.4. The van der Waals surface area contributed by atoms with Crippen molar-refractivity contribution in [1.29, 1.82) is 0 Å². The van der Waals surface area contributed by atoms with Crippen LogP contribution in [0.25, 0.3) is 0 Å². The second-order valence-corrected chi connectivity index (χ2v) is 10.4. The van der Waals surface area contributed by atoms with E-state index in [9.17, 15) is 18.0 Å². The number of nitrogens with one attached hydrogen (secondary N) is 1. The van der Waals surface area contributed by atoms with Gasteiger partial charge in [-0.05, 0) is 36.5 Å². The summed E-state index contributed by atoms with van der Waals surface area (Å²) in [4.78, 5) is 23.6. The van der Waals surface area contributed by atoms with Gasteiger partial charge in [0.15, 0.2) is 23.1 Å². The van der Waals surface area contributed by atoms with E-state index in [1.807, 2.05) is 12.1 Å². The van der Waals surface area contributed by atoms with E-state index in [-0.39, 0.29) is 23.5 Å². The molecule has 1 saturated heterocycles. The first-order valence-corrected chi connectivity index (χ1v) is 10.6. The van der Waals surface area contributed by atoms with E-state index in [4.69, 9.17) is 9.47 Å². The summed E-state index contributed by atoms with van der Waals surface area (Å²) in [5.41, 5.74) is 0.366. The third-order valence-electron chi connectivity index (χ3n) is 4.39. The fourth-order valence-corrected chi connectivity index (χ4v) is 4.96. The SMILES string of the molecule is CC(C)(C)c1ccc(OCC(=O)OCC(=O)N[C@]2(C)CCS(=O)(=O)C2)cc1. The first-order valence-electron chi connectivity index (χ1n) is 8.79. The molecule has 1 aromatic carbocycles. The molecule has 0 saturated carbocycles. The van der Waals surface area contributed by atoms with E-state index in [1.54, 1.807) is 19.1 Å². The molecule has 0 bridgehead atoms. The van der Waals surface area contributed by atoms with Crippen molar-refractivity contribution in [3.05, 3.63) is 29.8 Å². The molecule has 1 aliphatic rings. The Morgan fingerprint density at radius 3 is 2.30 bits per heavy atom. The van der Waals surface area contributed by atoms with Gasteiger partial charge >= 0.3 is 5.97 Å². The molecule has 150 valence electrons. The minimum atomic E-state index is -3.13. The van der Waals surface area contributed by atoms with E-state index < -0.39 is 33.9 Å². The van der Waals surface area contributed by atoms with Crippen LogP contribution in [0.3, 0.4) is 0 Å². The van der Waals surface area contributed by atoms with Gasteiger partial charge in [0.25, 0.3) is 5.91 Å². The number of rotatable bonds is 6. The van der Waals surface area contributed by atoms with Gasteiger partial charge in [-0.15, -0.1) is 0 Å². The lowest BCUT2D eigenvalue weighted by Gasteiger charge is -2.23. The summed E-state index contributed by atoms with van der Waals surface area (Å²) in [6.45, 7) is 7.20. The third kappa shape index (κ3) is 6.53. The van der Waals surface area contributed by atoms with E-state index in [0.717, 1.165) is 5.56 Å². The maximum Gasteiger partial charge on any atom is 0.344 e. The van der Waals surface area contributed by atoms with E-state index in [2.05, 4.69) is 26.1 Å². The second kappa shape index (κ2) is 7.88. The first kappa shape index (κ1) is 21.2. The maximum absolute atomic E-state index is 11.9. The molecule has 0 radical (unpaired) electrons. The van der Waals surface area contributed by atoms with Gasteiger partial charge in [0.05, 0.1) is 17.0 Å². The van der Waals surface area contributed by atoms with Crippen LogP contribution in [-0.2, 0) is 29.6 Å². The number of hydrogen-bond acceptors (Lipinski definition) is 6. The number of ether oxygens (including phenoxy) is 2. The van der Waals surface area contributed by atoms with Gasteiger partial charge in [0, 0.05) is 0 Å². The van der Waals surface area contributed by atoms with Gasteiger partial charge in [-0.1, -0.05) is 32.9 Å². The zero-order valence-electron chi connectivity index (χ0n) is 16.2. The molecule has 7 nitrogen and oxygen atoms in total. The quantitative estimate of drug-likeness (QED) is 0.732. The average Bonchev–Trinajstić information content (AvgIpc) is 2.83. The van der Waals surface area contributed by atoms with E-state index in [1.165, 1.54) is 0 Å². The highest BCUT2D eigenvalue weighted by Gasteiger charge is 2.39. The molecule has 1 aromatic rings. The van der Waals surface area contributed by atoms with Gasteiger partial charge < -0.3 is 14.8 Å². The Morgan fingerprint density at radius 2 is 1.78 bits per heavy atom. The van der Waals surface area contributed by atoms with Crippen LogP contribution in [0.1, 0.15) is 39.7 Å². The number of benzene rings is 1. The van der Waals surface area contributed by atoms with Crippen LogP contribution in [0.5, 0.6) is 5.75 Å². The largest absolute Gasteiger partial charge is 0.482 e. The molecule has 2 rings (SSSR count). The zero-order chi connectivity index (χ0) is 20.3. The lowest BCUT2D eigenvalue weighted by Crippen LogP contribution is -2.48. The summed E-state index contributed by atoms with van der Waals surface area (Å²) in [5.74, 6) is -0.724. The van der Waals surface area contributed by atoms with Crippen LogP contribution in [0, 0.1) is 0 Å². The van der Waals surface area contributed by atoms with Gasteiger partial charge in [-0.3, -0.25) is 4.79 Å². The van der Waals surface area contributed by atoms with Gasteiger partial charge in [-0.25, -0.2) is 13.2 Å². The Morgan fingerprint density at radius 1 is 1.15 bits per heavy atom. The molecular weight excluding hydrogens is 370 g/mol. The fourth-order valence-electron chi connectivity index (χ4n) is 2.86. The van der Waals surface area contributed by atoms with Crippen molar-refractivity contribution < 1.29 is 27.5 Å². The summed E-state index contributed by atoms with van der Waals surface area (Å²) in [5, 5.41) is 2.62. The standard InChI is InChI=1S/C19H27NO6S/c1-18(2,3)14-5-7-15(8-6-14)25-12-17(22)26-11-16(21)20-19(4)9-10-27(23,24)13-19/h5-8H,9-13H2,1-4H3,(H,20,21)/t19-/m1/s1. The Labute approximate surface area is 160 Å². The lowest BCUT2D eigenvalue weighted by molar-refractivity contribution is -0.150.